The van der Waals surface area contributed by atoms with E-state index in [2.05, 4.69) is 37.0 Å². The van der Waals surface area contributed by atoms with Crippen molar-refractivity contribution >= 4 is 30.3 Å². The molecule has 8 heteroatoms. The molecule has 5 N–H and O–H groups in total. The molecule has 0 aliphatic heterocycles. The first-order valence-corrected chi connectivity index (χ1v) is 12.2. The lowest BCUT2D eigenvalue weighted by Gasteiger charge is -2.24. The van der Waals surface area contributed by atoms with Crippen molar-refractivity contribution in [1.29, 1.82) is 0 Å². The number of nitrogens with two attached hydrogens (primary N) is 1. The highest BCUT2D eigenvalue weighted by Gasteiger charge is 2.30. The zero-order valence-electron chi connectivity index (χ0n) is 19.6. The van der Waals surface area contributed by atoms with Crippen LogP contribution in [0.2, 0.25) is 0 Å². The van der Waals surface area contributed by atoms with Crippen molar-refractivity contribution in [1.82, 2.24) is 5.32 Å². The van der Waals surface area contributed by atoms with Crippen LogP contribution in [0.5, 0.6) is 0 Å². The van der Waals surface area contributed by atoms with Gasteiger partial charge in [-0.25, -0.2) is 0 Å². The van der Waals surface area contributed by atoms with Gasteiger partial charge in [0.2, 0.25) is 5.91 Å². The highest BCUT2D eigenvalue weighted by molar-refractivity contribution is 7.80. The van der Waals surface area contributed by atoms with Crippen LogP contribution in [0.3, 0.4) is 0 Å². The molecular weight excluding hydrogens is 440 g/mol. The molecule has 33 heavy (non-hydrogen) atoms. The normalized spacial score (nSPS) is 14.9. The predicted octanol–water partition coefficient (Wildman–Crippen LogP) is 3.36. The summed E-state index contributed by atoms with van der Waals surface area (Å²) in [6.45, 7) is 1.92. The number of hydrogen-bond donors (Lipinski definition) is 5. The highest BCUT2D eigenvalue weighted by Crippen LogP contribution is 2.17. The zero-order chi connectivity index (χ0) is 24.9. The summed E-state index contributed by atoms with van der Waals surface area (Å²) in [5.74, 6) is -2.71. The number of aliphatic hydroxyl groups is 1. The summed E-state index contributed by atoms with van der Waals surface area (Å²) in [4.78, 5) is 35.3. The molecule has 7 nitrogen and oxygen atoms in total. The Labute approximate surface area is 203 Å². The molecule has 0 rings (SSSR count). The number of carboxylic acids is 1. The molecule has 0 saturated heterocycles. The van der Waals surface area contributed by atoms with Gasteiger partial charge in [-0.3, -0.25) is 14.4 Å². The molecule has 1 amide bonds. The quantitative estimate of drug-likeness (QED) is 0.0834. The molecule has 0 bridgehead atoms. The third-order valence-electron chi connectivity index (χ3n) is 4.88. The van der Waals surface area contributed by atoms with E-state index >= 15 is 0 Å². The fraction of sp³-hybridized carbons (Fsp3) is 0.560. The molecule has 0 aromatic carbocycles. The van der Waals surface area contributed by atoms with Gasteiger partial charge in [0.15, 0.2) is 5.78 Å². The Hall–Kier alpha value is -2.16. The predicted molar refractivity (Wildman–Crippen MR) is 136 cm³/mol. The summed E-state index contributed by atoms with van der Waals surface area (Å²) in [6, 6.07) is -0.902. The number of nitrogens with one attached hydrogen (secondary N) is 1. The van der Waals surface area contributed by atoms with E-state index in [-0.39, 0.29) is 31.6 Å². The molecule has 3 atom stereocenters. The number of allylic oxidation sites excluding steroid dienone is 7. The molecule has 0 aromatic heterocycles. The van der Waals surface area contributed by atoms with Gasteiger partial charge < -0.3 is 21.3 Å². The van der Waals surface area contributed by atoms with Crippen LogP contribution in [0.15, 0.2) is 48.6 Å². The van der Waals surface area contributed by atoms with Crippen molar-refractivity contribution in [2.24, 2.45) is 11.7 Å². The number of amides is 1. The third-order valence-corrected chi connectivity index (χ3v) is 5.25. The van der Waals surface area contributed by atoms with E-state index in [1.807, 2.05) is 18.2 Å². The van der Waals surface area contributed by atoms with Gasteiger partial charge in [0.25, 0.3) is 0 Å². The Morgan fingerprint density at radius 2 is 1.76 bits per heavy atom. The summed E-state index contributed by atoms with van der Waals surface area (Å²) < 4.78 is 0. The number of aliphatic carboxylic acids is 1. The van der Waals surface area contributed by atoms with Crippen LogP contribution in [0.1, 0.15) is 58.3 Å². The Morgan fingerprint density at radius 3 is 2.39 bits per heavy atom. The van der Waals surface area contributed by atoms with Crippen LogP contribution in [0, 0.1) is 5.92 Å². The van der Waals surface area contributed by atoms with Gasteiger partial charge in [0.05, 0.1) is 24.6 Å². The van der Waals surface area contributed by atoms with Gasteiger partial charge in [-0.2, -0.15) is 12.6 Å². The van der Waals surface area contributed by atoms with Crippen LogP contribution in [0.4, 0.5) is 0 Å². The Morgan fingerprint density at radius 1 is 1.03 bits per heavy atom. The maximum atomic E-state index is 12.9. The monoisotopic (exact) mass is 480 g/mol. The molecule has 0 aliphatic rings. The highest BCUT2D eigenvalue weighted by atomic mass is 32.1. The molecule has 0 aromatic rings. The molecule has 0 fully saturated rings. The van der Waals surface area contributed by atoms with Gasteiger partial charge in [0.1, 0.15) is 0 Å². The van der Waals surface area contributed by atoms with Crippen molar-refractivity contribution in [3.05, 3.63) is 48.6 Å². The number of hydrogen-bond acceptors (Lipinski definition) is 6. The Kier molecular flexibility index (Phi) is 19.1. The second kappa shape index (κ2) is 20.4. The zero-order valence-corrected chi connectivity index (χ0v) is 20.5. The van der Waals surface area contributed by atoms with Crippen molar-refractivity contribution in [3.8, 4) is 0 Å². The molecule has 186 valence electrons. The first kappa shape index (κ1) is 30.8. The fourth-order valence-corrected chi connectivity index (χ4v) is 3.29. The van der Waals surface area contributed by atoms with Gasteiger partial charge in [0, 0.05) is 12.2 Å². The first-order valence-electron chi connectivity index (χ1n) is 11.6. The maximum Gasteiger partial charge on any atom is 0.303 e. The number of unbranched alkanes of at least 4 members (excludes halogenated alkanes) is 3. The smallest absolute Gasteiger partial charge is 0.303 e. The number of ketones is 1. The number of Topliss-reactive ketones (excluding diaryl/α,β-unsaturated/α-hetero) is 1. The van der Waals surface area contributed by atoms with Crippen LogP contribution in [-0.2, 0) is 14.4 Å². The molecule has 0 spiro atoms. The van der Waals surface area contributed by atoms with E-state index < -0.39 is 35.7 Å². The van der Waals surface area contributed by atoms with Gasteiger partial charge >= 0.3 is 5.97 Å². The minimum Gasteiger partial charge on any atom is -0.481 e. The van der Waals surface area contributed by atoms with Gasteiger partial charge in [-0.05, 0) is 32.1 Å². The van der Waals surface area contributed by atoms with Crippen molar-refractivity contribution in [2.45, 2.75) is 70.4 Å². The minimum atomic E-state index is -1.08. The van der Waals surface area contributed by atoms with Gasteiger partial charge in [-0.15, -0.1) is 0 Å². The molecule has 0 heterocycles. The number of carbonyl (C=O) groups excluding carboxylic acids is 2. The largest absolute Gasteiger partial charge is 0.481 e. The first-order chi connectivity index (χ1) is 15.9. The summed E-state index contributed by atoms with van der Waals surface area (Å²) in [6.07, 6.45) is 19.9. The number of carboxylic acid groups (broad SMARTS) is 1. The molecule has 0 aliphatic carbocycles. The summed E-state index contributed by atoms with van der Waals surface area (Å²) in [7, 11) is 0. The molecule has 0 saturated carbocycles. The van der Waals surface area contributed by atoms with E-state index in [1.165, 1.54) is 19.3 Å². The second-order valence-electron chi connectivity index (χ2n) is 7.69. The van der Waals surface area contributed by atoms with Crippen LogP contribution in [0.25, 0.3) is 0 Å². The van der Waals surface area contributed by atoms with Crippen molar-refractivity contribution in [2.75, 3.05) is 12.3 Å². The van der Waals surface area contributed by atoms with Crippen molar-refractivity contribution in [3.63, 3.8) is 0 Å². The lowest BCUT2D eigenvalue weighted by molar-refractivity contribution is -0.137. The number of rotatable bonds is 19. The third kappa shape index (κ3) is 16.2. The van der Waals surface area contributed by atoms with Crippen molar-refractivity contribution < 1.29 is 24.6 Å². The average Bonchev–Trinajstić information content (AvgIpc) is 2.79. The van der Waals surface area contributed by atoms with E-state index in [0.29, 0.717) is 0 Å². The van der Waals surface area contributed by atoms with Crippen LogP contribution >= 0.6 is 12.6 Å². The summed E-state index contributed by atoms with van der Waals surface area (Å²) >= 11 is 4.13. The van der Waals surface area contributed by atoms with Crippen LogP contribution in [-0.4, -0.2) is 52.3 Å². The minimum absolute atomic E-state index is 0.0568. The standard InChI is InChI=1S/C25H40N2O5S/c1-2-3-4-5-6-7-8-9-10-11-12-13-15-20(22(28)16-14-17-24(30)31)25(32)21(19-33)27-23(29)18-26/h6-7,9-13,15,20-22,28,33H,2-5,8,14,16-19,26H2,1H3,(H,27,29)(H,30,31)/t20?,21-,22?/m0/s1. The van der Waals surface area contributed by atoms with Crippen LogP contribution < -0.4 is 11.1 Å². The Bertz CT molecular complexity index is 688. The number of aliphatic hydroxyl groups excluding tert-OH is 1. The maximum absolute atomic E-state index is 12.9. The number of carbonyl (C=O) groups is 3. The average molecular weight is 481 g/mol. The van der Waals surface area contributed by atoms with E-state index in [1.54, 1.807) is 18.2 Å². The lowest BCUT2D eigenvalue weighted by atomic mass is 9.89. The van der Waals surface area contributed by atoms with E-state index in [9.17, 15) is 19.5 Å². The van der Waals surface area contributed by atoms with E-state index in [0.717, 1.165) is 12.8 Å². The molecule has 0 radical (unpaired) electrons. The fourth-order valence-electron chi connectivity index (χ4n) is 3.02. The number of thiol groups is 1. The topological polar surface area (TPSA) is 130 Å². The lowest BCUT2D eigenvalue weighted by Crippen LogP contribution is -2.48. The van der Waals surface area contributed by atoms with Gasteiger partial charge in [-0.1, -0.05) is 68.4 Å². The van der Waals surface area contributed by atoms with E-state index in [4.69, 9.17) is 10.8 Å². The molecule has 2 unspecified atom stereocenters. The molecular formula is C25H40N2O5S. The second-order valence-corrected chi connectivity index (χ2v) is 8.05. The Balaban J connectivity index is 4.99. The summed E-state index contributed by atoms with van der Waals surface area (Å²) in [5, 5.41) is 21.8. The summed E-state index contributed by atoms with van der Waals surface area (Å²) in [5.41, 5.74) is 5.30. The SMILES string of the molecule is CCCCCC=CCC=CC=CC=CC(C(=O)[C@H](CS)NC(=O)CN)C(O)CCCC(=O)O.